The van der Waals surface area contributed by atoms with Crippen LogP contribution in [-0.4, -0.2) is 32.7 Å². The smallest absolute Gasteiger partial charge is 0.345 e. The fraction of sp³-hybridized carbons (Fsp3) is 0.250. The summed E-state index contributed by atoms with van der Waals surface area (Å²) in [6, 6.07) is 0. The van der Waals surface area contributed by atoms with E-state index in [4.69, 9.17) is 0 Å². The van der Waals surface area contributed by atoms with E-state index in [0.29, 0.717) is 5.52 Å². The number of nitrogens with zero attached hydrogens (tertiary/aromatic N) is 3. The zero-order valence-corrected chi connectivity index (χ0v) is 8.25. The number of alkyl halides is 3. The van der Waals surface area contributed by atoms with Gasteiger partial charge in [-0.25, -0.2) is 9.97 Å². The Labute approximate surface area is 91.9 Å². The minimum atomic E-state index is -4.36. The van der Waals surface area contributed by atoms with Crippen molar-refractivity contribution >= 4 is 17.1 Å². The molecule has 0 saturated carbocycles. The molecule has 0 aliphatic heterocycles. The van der Waals surface area contributed by atoms with Crippen LogP contribution in [0.5, 0.6) is 0 Å². The number of fused-ring (bicyclic) bond motifs is 1. The van der Waals surface area contributed by atoms with Gasteiger partial charge in [-0.05, 0) is 0 Å². The minimum Gasteiger partial charge on any atom is -0.345 e. The molecule has 6 nitrogen and oxygen atoms in total. The van der Waals surface area contributed by atoms with Crippen LogP contribution in [-0.2, 0) is 0 Å². The maximum absolute atomic E-state index is 11.9. The van der Waals surface area contributed by atoms with Crippen molar-refractivity contribution in [2.75, 3.05) is 11.9 Å². The SMILES string of the molecule is O=c1cnc2cnc(NCC(F)(F)F)nc2[nH]1. The molecular formula is C8H6F3N5O. The summed E-state index contributed by atoms with van der Waals surface area (Å²) in [6.07, 6.45) is -2.11. The Kier molecular flexibility index (Phi) is 2.66. The average molecular weight is 245 g/mol. The first-order chi connectivity index (χ1) is 7.94. The summed E-state index contributed by atoms with van der Waals surface area (Å²) in [7, 11) is 0. The van der Waals surface area contributed by atoms with Crippen LogP contribution in [0.25, 0.3) is 11.2 Å². The number of rotatable bonds is 2. The lowest BCUT2D eigenvalue weighted by atomic mass is 10.5. The Morgan fingerprint density at radius 2 is 2.06 bits per heavy atom. The van der Waals surface area contributed by atoms with Crippen molar-refractivity contribution in [3.05, 3.63) is 22.7 Å². The highest BCUT2D eigenvalue weighted by atomic mass is 19.4. The molecule has 2 rings (SSSR count). The molecule has 9 heteroatoms. The van der Waals surface area contributed by atoms with Crippen LogP contribution in [0.15, 0.2) is 17.2 Å². The summed E-state index contributed by atoms with van der Waals surface area (Å²) in [4.78, 5) is 24.3. The predicted octanol–water partition coefficient (Wildman–Crippen LogP) is 0.687. The lowest BCUT2D eigenvalue weighted by Crippen LogP contribution is -2.22. The van der Waals surface area contributed by atoms with E-state index in [1.807, 2.05) is 5.32 Å². The molecule has 90 valence electrons. The van der Waals surface area contributed by atoms with Gasteiger partial charge in [-0.3, -0.25) is 4.79 Å². The Bertz CT molecular complexity index is 593. The van der Waals surface area contributed by atoms with E-state index < -0.39 is 18.3 Å². The van der Waals surface area contributed by atoms with Crippen molar-refractivity contribution in [2.45, 2.75) is 6.18 Å². The molecule has 0 spiro atoms. The molecular weight excluding hydrogens is 239 g/mol. The molecule has 0 aliphatic carbocycles. The van der Waals surface area contributed by atoms with Crippen molar-refractivity contribution in [1.82, 2.24) is 19.9 Å². The molecule has 2 heterocycles. The molecule has 2 aromatic rings. The van der Waals surface area contributed by atoms with Gasteiger partial charge >= 0.3 is 6.18 Å². The van der Waals surface area contributed by atoms with Crippen LogP contribution < -0.4 is 10.9 Å². The first-order valence-electron chi connectivity index (χ1n) is 4.47. The van der Waals surface area contributed by atoms with Crippen LogP contribution in [0.3, 0.4) is 0 Å². The van der Waals surface area contributed by atoms with Crippen molar-refractivity contribution in [1.29, 1.82) is 0 Å². The van der Waals surface area contributed by atoms with Crippen molar-refractivity contribution in [3.63, 3.8) is 0 Å². The number of nitrogens with one attached hydrogen (secondary N) is 2. The van der Waals surface area contributed by atoms with Crippen LogP contribution in [0.2, 0.25) is 0 Å². The molecule has 0 saturated heterocycles. The van der Waals surface area contributed by atoms with Crippen LogP contribution in [0.4, 0.5) is 19.1 Å². The molecule has 0 bridgehead atoms. The molecule has 2 aromatic heterocycles. The number of halogens is 3. The molecule has 0 fully saturated rings. The predicted molar refractivity (Wildman–Crippen MR) is 52.5 cm³/mol. The van der Waals surface area contributed by atoms with Crippen molar-refractivity contribution in [2.24, 2.45) is 0 Å². The summed E-state index contributed by atoms with van der Waals surface area (Å²) in [5.74, 6) is -0.224. The molecule has 0 aromatic carbocycles. The van der Waals surface area contributed by atoms with Gasteiger partial charge < -0.3 is 10.3 Å². The molecule has 17 heavy (non-hydrogen) atoms. The highest BCUT2D eigenvalue weighted by Crippen LogP contribution is 2.15. The fourth-order valence-corrected chi connectivity index (χ4v) is 1.10. The quantitative estimate of drug-likeness (QED) is 0.813. The maximum atomic E-state index is 11.9. The summed E-state index contributed by atoms with van der Waals surface area (Å²) in [6.45, 7) is -1.25. The van der Waals surface area contributed by atoms with Crippen LogP contribution in [0, 0.1) is 0 Å². The molecule has 2 N–H and O–H groups in total. The van der Waals surface area contributed by atoms with E-state index in [9.17, 15) is 18.0 Å². The second kappa shape index (κ2) is 4.00. The molecule has 0 unspecified atom stereocenters. The third-order valence-electron chi connectivity index (χ3n) is 1.78. The lowest BCUT2D eigenvalue weighted by molar-refractivity contribution is -0.115. The summed E-state index contributed by atoms with van der Waals surface area (Å²) in [5.41, 5.74) is -0.114. The van der Waals surface area contributed by atoms with E-state index in [2.05, 4.69) is 19.9 Å². The number of aromatic amines is 1. The van der Waals surface area contributed by atoms with Gasteiger partial charge in [-0.15, -0.1) is 0 Å². The summed E-state index contributed by atoms with van der Waals surface area (Å²) >= 11 is 0. The van der Waals surface area contributed by atoms with E-state index in [1.54, 1.807) is 0 Å². The zero-order valence-electron chi connectivity index (χ0n) is 8.25. The van der Waals surface area contributed by atoms with Crippen molar-refractivity contribution < 1.29 is 13.2 Å². The highest BCUT2D eigenvalue weighted by Gasteiger charge is 2.27. The molecule has 0 atom stereocenters. The summed E-state index contributed by atoms with van der Waals surface area (Å²) in [5, 5.41) is 2.00. The van der Waals surface area contributed by atoms with Gasteiger partial charge in [0, 0.05) is 0 Å². The van der Waals surface area contributed by atoms with Crippen LogP contribution in [0.1, 0.15) is 0 Å². The third-order valence-corrected chi connectivity index (χ3v) is 1.78. The number of aromatic nitrogens is 4. The maximum Gasteiger partial charge on any atom is 0.405 e. The van der Waals surface area contributed by atoms with E-state index in [1.165, 1.54) is 6.20 Å². The second-order valence-electron chi connectivity index (χ2n) is 3.14. The van der Waals surface area contributed by atoms with Gasteiger partial charge in [0.05, 0.1) is 12.4 Å². The second-order valence-corrected chi connectivity index (χ2v) is 3.14. The lowest BCUT2D eigenvalue weighted by Gasteiger charge is -2.07. The minimum absolute atomic E-state index is 0.0807. The standard InChI is InChI=1S/C8H6F3N5O/c9-8(10,11)3-14-7-13-1-4-6(16-7)15-5(17)2-12-4/h1-2H,3H2,(H2,13,14,15,16,17). The first kappa shape index (κ1) is 11.3. The van der Waals surface area contributed by atoms with Crippen LogP contribution >= 0.6 is 0 Å². The summed E-state index contributed by atoms with van der Waals surface area (Å²) < 4.78 is 35.8. The number of hydrogen-bond acceptors (Lipinski definition) is 5. The largest absolute Gasteiger partial charge is 0.405 e. The van der Waals surface area contributed by atoms with E-state index >= 15 is 0 Å². The topological polar surface area (TPSA) is 83.6 Å². The third kappa shape index (κ3) is 2.89. The van der Waals surface area contributed by atoms with Gasteiger partial charge in [0.2, 0.25) is 5.95 Å². The van der Waals surface area contributed by atoms with Gasteiger partial charge in [0.1, 0.15) is 12.1 Å². The normalized spacial score (nSPS) is 11.7. The monoisotopic (exact) mass is 245 g/mol. The Morgan fingerprint density at radius 3 is 2.76 bits per heavy atom. The molecule has 0 amide bonds. The highest BCUT2D eigenvalue weighted by molar-refractivity contribution is 5.68. The van der Waals surface area contributed by atoms with Gasteiger partial charge in [0.15, 0.2) is 5.65 Å². The Balaban J connectivity index is 2.28. The molecule has 0 radical (unpaired) electrons. The Hall–Kier alpha value is -2.19. The first-order valence-corrected chi connectivity index (χ1v) is 4.47. The molecule has 0 aliphatic rings. The van der Waals surface area contributed by atoms with Gasteiger partial charge in [-0.2, -0.15) is 18.2 Å². The van der Waals surface area contributed by atoms with Gasteiger partial charge in [-0.1, -0.05) is 0 Å². The van der Waals surface area contributed by atoms with Crippen molar-refractivity contribution in [3.8, 4) is 0 Å². The number of H-pyrrole nitrogens is 1. The zero-order chi connectivity index (χ0) is 12.5. The van der Waals surface area contributed by atoms with E-state index in [-0.39, 0.29) is 11.6 Å². The number of hydrogen-bond donors (Lipinski definition) is 2. The van der Waals surface area contributed by atoms with Gasteiger partial charge in [0.25, 0.3) is 5.56 Å². The average Bonchev–Trinajstić information content (AvgIpc) is 2.24. The number of anilines is 1. The van der Waals surface area contributed by atoms with E-state index in [0.717, 1.165) is 6.20 Å². The fourth-order valence-electron chi connectivity index (χ4n) is 1.10. The Morgan fingerprint density at radius 1 is 1.29 bits per heavy atom.